The van der Waals surface area contributed by atoms with Crippen LogP contribution in [0.2, 0.25) is 0 Å². The molecule has 0 bridgehead atoms. The second-order valence-electron chi connectivity index (χ2n) is 8.18. The quantitative estimate of drug-likeness (QED) is 0.383. The molecule has 1 aromatic heterocycles. The van der Waals surface area contributed by atoms with E-state index in [-0.39, 0.29) is 18.7 Å². The topological polar surface area (TPSA) is 135 Å². The third-order valence-electron chi connectivity index (χ3n) is 5.46. The molecule has 37 heavy (non-hydrogen) atoms. The zero-order valence-electron chi connectivity index (χ0n) is 20.2. The molecular weight excluding hydrogens is 478 g/mol. The third kappa shape index (κ3) is 7.38. The number of anilines is 1. The summed E-state index contributed by atoms with van der Waals surface area (Å²) in [6, 6.07) is 19.9. The average Bonchev–Trinajstić information content (AvgIpc) is 2.87. The number of carbonyl (C=O) groups excluding carboxylic acids is 3. The molecule has 192 valence electrons. The van der Waals surface area contributed by atoms with Gasteiger partial charge in [0.25, 0.3) is 5.56 Å². The molecule has 1 unspecified atom stereocenters. The lowest BCUT2D eigenvalue weighted by Gasteiger charge is -2.30. The Kier molecular flexibility index (Phi) is 9.31. The van der Waals surface area contributed by atoms with Crippen LogP contribution < -0.4 is 15.9 Å². The van der Waals surface area contributed by atoms with Crippen molar-refractivity contribution in [1.82, 2.24) is 4.68 Å². The van der Waals surface area contributed by atoms with Crippen LogP contribution >= 0.6 is 0 Å². The number of nitrogens with zero attached hydrogens (tertiary/aromatic N) is 2. The minimum atomic E-state index is -1.45. The first-order chi connectivity index (χ1) is 17.8. The molecule has 1 heterocycles. The van der Waals surface area contributed by atoms with Crippen LogP contribution in [0, 0.1) is 0 Å². The van der Waals surface area contributed by atoms with E-state index in [1.807, 2.05) is 48.5 Å². The van der Waals surface area contributed by atoms with E-state index in [1.54, 1.807) is 12.1 Å². The van der Waals surface area contributed by atoms with E-state index in [4.69, 9.17) is 4.74 Å². The number of aliphatic carboxylic acids is 1. The van der Waals surface area contributed by atoms with Crippen molar-refractivity contribution < 1.29 is 29.0 Å². The van der Waals surface area contributed by atoms with Gasteiger partial charge in [-0.25, -0.2) is 14.5 Å². The average molecular weight is 506 g/mol. The molecule has 2 N–H and O–H groups in total. The van der Waals surface area contributed by atoms with E-state index in [2.05, 4.69) is 5.32 Å². The summed E-state index contributed by atoms with van der Waals surface area (Å²) >= 11 is 0. The van der Waals surface area contributed by atoms with Crippen LogP contribution in [0.5, 0.6) is 0 Å². The smallest absolute Gasteiger partial charge is 0.411 e. The highest BCUT2D eigenvalue weighted by Crippen LogP contribution is 2.14. The normalized spacial score (nSPS) is 11.3. The van der Waals surface area contributed by atoms with Crippen molar-refractivity contribution in [2.45, 2.75) is 32.2 Å². The maximum Gasteiger partial charge on any atom is 0.411 e. The molecule has 0 fully saturated rings. The first-order valence-corrected chi connectivity index (χ1v) is 11.5. The molecule has 3 aromatic rings. The summed E-state index contributed by atoms with van der Waals surface area (Å²) in [5.74, 6) is -2.05. The van der Waals surface area contributed by atoms with Crippen LogP contribution in [0.1, 0.15) is 30.2 Å². The Balaban J connectivity index is 1.93. The zero-order chi connectivity index (χ0) is 26.8. The minimum absolute atomic E-state index is 0.0710. The number of pyridine rings is 1. The number of carboxylic acid groups (broad SMARTS) is 1. The van der Waals surface area contributed by atoms with Gasteiger partial charge in [0, 0.05) is 25.5 Å². The van der Waals surface area contributed by atoms with Gasteiger partial charge >= 0.3 is 12.1 Å². The summed E-state index contributed by atoms with van der Waals surface area (Å²) in [6.45, 7) is 1.19. The number of aromatic nitrogens is 1. The summed E-state index contributed by atoms with van der Waals surface area (Å²) in [5.41, 5.74) is 1.07. The SMILES string of the molecule is CC(=O)N(C(C=O)CC(=O)O)n1c(Cc2ccccc2)ccc(NC(=O)OCCc2ccccc2)c1=O. The number of hydrogen-bond donors (Lipinski definition) is 2. The van der Waals surface area contributed by atoms with Gasteiger partial charge in [-0.1, -0.05) is 60.7 Å². The van der Waals surface area contributed by atoms with Gasteiger partial charge in [-0.15, -0.1) is 0 Å². The lowest BCUT2D eigenvalue weighted by molar-refractivity contribution is -0.138. The lowest BCUT2D eigenvalue weighted by Crippen LogP contribution is -2.54. The Morgan fingerprint density at radius 2 is 1.62 bits per heavy atom. The van der Waals surface area contributed by atoms with Crippen LogP contribution in [0.3, 0.4) is 0 Å². The number of carbonyl (C=O) groups is 4. The van der Waals surface area contributed by atoms with E-state index >= 15 is 0 Å². The lowest BCUT2D eigenvalue weighted by atomic mass is 10.1. The summed E-state index contributed by atoms with van der Waals surface area (Å²) < 4.78 is 6.13. The number of ether oxygens (including phenoxy) is 1. The monoisotopic (exact) mass is 505 g/mol. The molecule has 0 aliphatic carbocycles. The molecule has 0 radical (unpaired) electrons. The largest absolute Gasteiger partial charge is 0.481 e. The van der Waals surface area contributed by atoms with E-state index < -0.39 is 36.0 Å². The summed E-state index contributed by atoms with van der Waals surface area (Å²) in [7, 11) is 0. The number of rotatable bonds is 11. The van der Waals surface area contributed by atoms with E-state index in [0.29, 0.717) is 18.4 Å². The van der Waals surface area contributed by atoms with Gasteiger partial charge in [0.1, 0.15) is 18.0 Å². The molecule has 3 rings (SSSR count). The van der Waals surface area contributed by atoms with Gasteiger partial charge in [0.05, 0.1) is 13.0 Å². The molecule has 2 aromatic carbocycles. The van der Waals surface area contributed by atoms with Crippen molar-refractivity contribution in [3.63, 3.8) is 0 Å². The van der Waals surface area contributed by atoms with Crippen molar-refractivity contribution in [3.05, 3.63) is 100.0 Å². The Morgan fingerprint density at radius 1 is 1.00 bits per heavy atom. The van der Waals surface area contributed by atoms with Gasteiger partial charge in [-0.2, -0.15) is 0 Å². The predicted octanol–water partition coefficient (Wildman–Crippen LogP) is 2.76. The second kappa shape index (κ2) is 12.8. The number of carboxylic acids is 1. The molecule has 2 amide bonds. The van der Waals surface area contributed by atoms with Crippen LogP contribution in [-0.2, 0) is 32.0 Å². The van der Waals surface area contributed by atoms with Crippen LogP contribution in [-0.4, -0.2) is 46.7 Å². The molecule has 0 aliphatic heterocycles. The van der Waals surface area contributed by atoms with Crippen molar-refractivity contribution in [1.29, 1.82) is 0 Å². The highest BCUT2D eigenvalue weighted by molar-refractivity contribution is 5.90. The molecule has 1 atom stereocenters. The Bertz CT molecular complexity index is 1310. The van der Waals surface area contributed by atoms with Crippen LogP contribution in [0.15, 0.2) is 77.6 Å². The van der Waals surface area contributed by atoms with Crippen molar-refractivity contribution in [2.75, 3.05) is 16.9 Å². The number of amides is 2. The second-order valence-corrected chi connectivity index (χ2v) is 8.18. The number of aldehydes is 1. The minimum Gasteiger partial charge on any atom is -0.481 e. The number of hydrogen-bond acceptors (Lipinski definition) is 6. The standard InChI is InChI=1S/C27H27N3O7/c1-19(32)29(23(18-31)17-25(33)34)30-22(16-21-10-6-3-7-11-21)12-13-24(26(30)35)28-27(36)37-15-14-20-8-4-2-5-9-20/h2-13,18,23H,14-17H2,1H3,(H,28,36)(H,33,34). The van der Waals surface area contributed by atoms with Crippen molar-refractivity contribution in [2.24, 2.45) is 0 Å². The fourth-order valence-corrected chi connectivity index (χ4v) is 3.78. The molecule has 0 spiro atoms. The van der Waals surface area contributed by atoms with E-state index in [1.165, 1.54) is 12.1 Å². The van der Waals surface area contributed by atoms with Gasteiger partial charge in [-0.05, 0) is 23.3 Å². The molecule has 10 heteroatoms. The van der Waals surface area contributed by atoms with Crippen LogP contribution in [0.25, 0.3) is 0 Å². The van der Waals surface area contributed by atoms with Crippen LogP contribution in [0.4, 0.5) is 10.5 Å². The fraction of sp³-hybridized carbons (Fsp3) is 0.222. The van der Waals surface area contributed by atoms with Gasteiger partial charge in [-0.3, -0.25) is 19.7 Å². The first kappa shape index (κ1) is 26.9. The highest BCUT2D eigenvalue weighted by atomic mass is 16.5. The highest BCUT2D eigenvalue weighted by Gasteiger charge is 2.28. The maximum absolute atomic E-state index is 13.5. The molecule has 0 saturated carbocycles. The Hall–Kier alpha value is -4.73. The number of nitrogens with one attached hydrogen (secondary N) is 1. The fourth-order valence-electron chi connectivity index (χ4n) is 3.78. The molecule has 0 aliphatic rings. The first-order valence-electron chi connectivity index (χ1n) is 11.5. The summed E-state index contributed by atoms with van der Waals surface area (Å²) in [4.78, 5) is 61.6. The zero-order valence-corrected chi connectivity index (χ0v) is 20.2. The predicted molar refractivity (Wildman–Crippen MR) is 136 cm³/mol. The number of benzene rings is 2. The van der Waals surface area contributed by atoms with Crippen molar-refractivity contribution in [3.8, 4) is 0 Å². The summed E-state index contributed by atoms with van der Waals surface area (Å²) in [6.07, 6.45) is -0.614. The summed E-state index contributed by atoms with van der Waals surface area (Å²) in [5, 5.41) is 12.4. The van der Waals surface area contributed by atoms with E-state index in [9.17, 15) is 29.1 Å². The van der Waals surface area contributed by atoms with Crippen molar-refractivity contribution >= 4 is 29.9 Å². The van der Waals surface area contributed by atoms with E-state index in [0.717, 1.165) is 27.7 Å². The van der Waals surface area contributed by atoms with Gasteiger partial charge in [0.2, 0.25) is 5.91 Å². The maximum atomic E-state index is 13.5. The Morgan fingerprint density at radius 3 is 2.19 bits per heavy atom. The molecule has 10 nitrogen and oxygen atoms in total. The van der Waals surface area contributed by atoms with Gasteiger partial charge in [0.15, 0.2) is 0 Å². The third-order valence-corrected chi connectivity index (χ3v) is 5.46. The molecular formula is C27H27N3O7. The molecule has 0 saturated heterocycles. The van der Waals surface area contributed by atoms with Gasteiger partial charge < -0.3 is 14.6 Å². The Labute approximate surface area is 213 Å².